The molecule has 1 aromatic heterocycles. The van der Waals surface area contributed by atoms with Crippen LogP contribution in [-0.4, -0.2) is 25.6 Å². The van der Waals surface area contributed by atoms with E-state index in [-0.39, 0.29) is 35.0 Å². The molecule has 0 fully saturated rings. The molecule has 0 spiro atoms. The van der Waals surface area contributed by atoms with Crippen molar-refractivity contribution in [3.8, 4) is 12.3 Å². The Morgan fingerprint density at radius 1 is 1.26 bits per heavy atom. The summed E-state index contributed by atoms with van der Waals surface area (Å²) in [6.07, 6.45) is 5.12. The fourth-order valence-electron chi connectivity index (χ4n) is 3.05. The van der Waals surface area contributed by atoms with Crippen LogP contribution < -0.4 is 10.0 Å². The van der Waals surface area contributed by atoms with Gasteiger partial charge in [-0.2, -0.15) is 13.2 Å². The molecule has 1 heterocycles. The van der Waals surface area contributed by atoms with Crippen molar-refractivity contribution >= 4 is 27.7 Å². The number of alkyl halides is 3. The van der Waals surface area contributed by atoms with E-state index in [1.165, 1.54) is 24.3 Å². The van der Waals surface area contributed by atoms with Crippen LogP contribution >= 0.6 is 0 Å². The second-order valence-corrected chi connectivity index (χ2v) is 9.73. The van der Waals surface area contributed by atoms with Gasteiger partial charge in [0.2, 0.25) is 15.9 Å². The smallest absolute Gasteiger partial charge is 0.348 e. The standard InChI is InChI=1S/C24H25F4N3O3S/c1-5-15(3)13-20-16(8-11-21(30-20)24(26,27)28)9-12-22(32)29-14-17-7-10-19(31-35(4,33)34)18(6-2)23(17)25/h2,7-12,15,31H,5,13-14H2,1,3-4H3,(H,29,32)/b12-9+. The van der Waals surface area contributed by atoms with Crippen molar-refractivity contribution in [3.05, 3.63) is 64.2 Å². The van der Waals surface area contributed by atoms with Crippen molar-refractivity contribution in [2.24, 2.45) is 5.92 Å². The number of carbonyl (C=O) groups is 1. The first kappa shape index (κ1) is 27.9. The van der Waals surface area contributed by atoms with Gasteiger partial charge in [0.05, 0.1) is 17.5 Å². The minimum Gasteiger partial charge on any atom is -0.348 e. The van der Waals surface area contributed by atoms with Gasteiger partial charge in [-0.3, -0.25) is 9.52 Å². The SMILES string of the molecule is C#Cc1c(NS(C)(=O)=O)ccc(CNC(=O)/C=C/c2ccc(C(F)(F)F)nc2CC(C)CC)c1F. The van der Waals surface area contributed by atoms with E-state index in [1.54, 1.807) is 0 Å². The maximum Gasteiger partial charge on any atom is 0.433 e. The van der Waals surface area contributed by atoms with Crippen LogP contribution in [0.2, 0.25) is 0 Å². The van der Waals surface area contributed by atoms with Gasteiger partial charge in [-0.15, -0.1) is 6.42 Å². The van der Waals surface area contributed by atoms with Crippen LogP contribution in [0.5, 0.6) is 0 Å². The molecule has 0 radical (unpaired) electrons. The van der Waals surface area contributed by atoms with Gasteiger partial charge in [0.15, 0.2) is 0 Å². The number of amides is 1. The molecule has 0 bridgehead atoms. The number of pyridine rings is 1. The van der Waals surface area contributed by atoms with Crippen LogP contribution in [0, 0.1) is 24.1 Å². The minimum absolute atomic E-state index is 0.0207. The molecule has 2 aromatic rings. The van der Waals surface area contributed by atoms with Crippen LogP contribution in [0.25, 0.3) is 6.08 Å². The topological polar surface area (TPSA) is 88.2 Å². The van der Waals surface area contributed by atoms with Crippen molar-refractivity contribution in [2.45, 2.75) is 39.4 Å². The monoisotopic (exact) mass is 511 g/mol. The Morgan fingerprint density at radius 2 is 1.94 bits per heavy atom. The van der Waals surface area contributed by atoms with Crippen LogP contribution in [0.1, 0.15) is 48.3 Å². The zero-order valence-corrected chi connectivity index (χ0v) is 20.1. The van der Waals surface area contributed by atoms with Gasteiger partial charge >= 0.3 is 6.18 Å². The van der Waals surface area contributed by atoms with E-state index in [1.807, 2.05) is 13.8 Å². The molecule has 1 atom stereocenters. The van der Waals surface area contributed by atoms with E-state index in [0.717, 1.165) is 24.8 Å². The summed E-state index contributed by atoms with van der Waals surface area (Å²) >= 11 is 0. The van der Waals surface area contributed by atoms with Gasteiger partial charge < -0.3 is 5.32 Å². The third-order valence-corrected chi connectivity index (χ3v) is 5.66. The second kappa shape index (κ2) is 11.4. The number of aromatic nitrogens is 1. The van der Waals surface area contributed by atoms with Gasteiger partial charge in [0, 0.05) is 23.9 Å². The molecule has 0 aliphatic heterocycles. The van der Waals surface area contributed by atoms with E-state index in [9.17, 15) is 30.8 Å². The number of hydrogen-bond acceptors (Lipinski definition) is 4. The van der Waals surface area contributed by atoms with Crippen molar-refractivity contribution in [2.75, 3.05) is 11.0 Å². The number of terminal acetylenes is 1. The zero-order valence-electron chi connectivity index (χ0n) is 19.3. The first-order chi connectivity index (χ1) is 16.2. The van der Waals surface area contributed by atoms with Crippen LogP contribution in [0.3, 0.4) is 0 Å². The molecule has 35 heavy (non-hydrogen) atoms. The highest BCUT2D eigenvalue weighted by Gasteiger charge is 2.33. The lowest BCUT2D eigenvalue weighted by atomic mass is 9.99. The average Bonchev–Trinajstić information content (AvgIpc) is 2.76. The summed E-state index contributed by atoms with van der Waals surface area (Å²) in [5.41, 5.74) is -0.810. The fourth-order valence-corrected chi connectivity index (χ4v) is 3.62. The zero-order chi connectivity index (χ0) is 26.4. The third kappa shape index (κ3) is 8.10. The number of anilines is 1. The highest BCUT2D eigenvalue weighted by atomic mass is 32.2. The summed E-state index contributed by atoms with van der Waals surface area (Å²) in [6, 6.07) is 4.66. The van der Waals surface area contributed by atoms with E-state index >= 15 is 0 Å². The number of nitrogens with one attached hydrogen (secondary N) is 2. The predicted molar refractivity (Wildman–Crippen MR) is 126 cm³/mol. The molecular formula is C24H25F4N3O3S. The molecule has 2 N–H and O–H groups in total. The molecule has 0 saturated heterocycles. The number of hydrogen-bond donors (Lipinski definition) is 2. The van der Waals surface area contributed by atoms with Crippen molar-refractivity contribution in [3.63, 3.8) is 0 Å². The maximum atomic E-state index is 14.7. The number of halogens is 4. The lowest BCUT2D eigenvalue weighted by molar-refractivity contribution is -0.141. The van der Waals surface area contributed by atoms with Gasteiger partial charge in [-0.1, -0.05) is 38.3 Å². The third-order valence-electron chi connectivity index (χ3n) is 5.07. The van der Waals surface area contributed by atoms with Crippen molar-refractivity contribution in [1.29, 1.82) is 0 Å². The summed E-state index contributed by atoms with van der Waals surface area (Å²) in [5, 5.41) is 2.46. The Bertz CT molecular complexity index is 1270. The number of rotatable bonds is 9. The quantitative estimate of drug-likeness (QED) is 0.295. The summed E-state index contributed by atoms with van der Waals surface area (Å²) in [6.45, 7) is 3.54. The summed E-state index contributed by atoms with van der Waals surface area (Å²) in [4.78, 5) is 16.0. The molecule has 11 heteroatoms. The normalized spacial score (nSPS) is 12.9. The summed E-state index contributed by atoms with van der Waals surface area (Å²) in [7, 11) is -3.68. The van der Waals surface area contributed by atoms with Crippen LogP contribution in [0.4, 0.5) is 23.2 Å². The van der Waals surface area contributed by atoms with Gasteiger partial charge in [-0.05, 0) is 36.1 Å². The maximum absolute atomic E-state index is 14.7. The Balaban J connectivity index is 2.19. The molecule has 0 aliphatic carbocycles. The van der Waals surface area contributed by atoms with Gasteiger partial charge in [0.1, 0.15) is 11.5 Å². The predicted octanol–water partition coefficient (Wildman–Crippen LogP) is 4.51. The first-order valence-corrected chi connectivity index (χ1v) is 12.4. The number of carbonyl (C=O) groups excluding carboxylic acids is 1. The number of benzene rings is 1. The van der Waals surface area contributed by atoms with E-state index in [0.29, 0.717) is 12.0 Å². The van der Waals surface area contributed by atoms with Gasteiger partial charge in [0.25, 0.3) is 0 Å². The minimum atomic E-state index is -4.59. The number of nitrogens with zero attached hydrogens (tertiary/aromatic N) is 1. The Kier molecular flexibility index (Phi) is 9.04. The second-order valence-electron chi connectivity index (χ2n) is 7.98. The molecule has 1 amide bonds. The molecule has 2 rings (SSSR count). The molecule has 188 valence electrons. The van der Waals surface area contributed by atoms with E-state index in [2.05, 4.69) is 20.9 Å². The highest BCUT2D eigenvalue weighted by Crippen LogP contribution is 2.29. The Labute approximate surface area is 201 Å². The molecule has 0 saturated carbocycles. The van der Waals surface area contributed by atoms with Crippen LogP contribution in [-0.2, 0) is 34.0 Å². The van der Waals surface area contributed by atoms with Gasteiger partial charge in [-0.25, -0.2) is 17.8 Å². The largest absolute Gasteiger partial charge is 0.433 e. The Hall–Kier alpha value is -3.39. The van der Waals surface area contributed by atoms with Crippen LogP contribution in [0.15, 0.2) is 30.3 Å². The Morgan fingerprint density at radius 3 is 2.51 bits per heavy atom. The molecule has 0 aliphatic rings. The van der Waals surface area contributed by atoms with Crippen molar-refractivity contribution in [1.82, 2.24) is 10.3 Å². The molecular weight excluding hydrogens is 486 g/mol. The summed E-state index contributed by atoms with van der Waals surface area (Å²) < 4.78 is 78.8. The fraction of sp³-hybridized carbons (Fsp3) is 0.333. The molecule has 6 nitrogen and oxygen atoms in total. The first-order valence-electron chi connectivity index (χ1n) is 10.5. The molecule has 1 aromatic carbocycles. The van der Waals surface area contributed by atoms with E-state index in [4.69, 9.17) is 6.42 Å². The highest BCUT2D eigenvalue weighted by molar-refractivity contribution is 7.92. The molecule has 1 unspecified atom stereocenters. The lowest BCUT2D eigenvalue weighted by Crippen LogP contribution is -2.21. The lowest BCUT2D eigenvalue weighted by Gasteiger charge is -2.13. The van der Waals surface area contributed by atoms with Crippen molar-refractivity contribution < 1.29 is 30.8 Å². The summed E-state index contributed by atoms with van der Waals surface area (Å²) in [5.74, 6) is 0.678. The average molecular weight is 512 g/mol. The van der Waals surface area contributed by atoms with E-state index < -0.39 is 33.6 Å². The number of sulfonamides is 1.